The number of hydrogen-bond donors (Lipinski definition) is 1. The average Bonchev–Trinajstić information content (AvgIpc) is 2.58. The first kappa shape index (κ1) is 12.6. The topological polar surface area (TPSA) is 78.0 Å². The Balaban J connectivity index is 2.61. The molecule has 0 saturated heterocycles. The summed E-state index contributed by atoms with van der Waals surface area (Å²) in [5, 5.41) is 4.23. The molecule has 0 unspecified atom stereocenters. The lowest BCUT2D eigenvalue weighted by Gasteiger charge is -2.05. The van der Waals surface area contributed by atoms with Gasteiger partial charge in [0.2, 0.25) is 0 Å². The molecule has 6 heteroatoms. The van der Waals surface area contributed by atoms with Gasteiger partial charge >= 0.3 is 0 Å². The Bertz CT molecular complexity index is 683. The van der Waals surface area contributed by atoms with Gasteiger partial charge in [0.25, 0.3) is 0 Å². The van der Waals surface area contributed by atoms with Crippen LogP contribution in [0.2, 0.25) is 0 Å². The highest BCUT2D eigenvalue weighted by Crippen LogP contribution is 2.25. The Morgan fingerprint density at radius 3 is 2.44 bits per heavy atom. The van der Waals surface area contributed by atoms with Gasteiger partial charge in [-0.2, -0.15) is 5.10 Å². The van der Waals surface area contributed by atoms with Crippen LogP contribution in [0.5, 0.6) is 0 Å². The van der Waals surface area contributed by atoms with Crippen molar-refractivity contribution in [3.8, 4) is 11.3 Å². The first-order valence-electron chi connectivity index (χ1n) is 5.39. The molecule has 96 valence electrons. The SMILES string of the molecule is Cc1ccc(-c2cc(N)n(C)n2)cc1S(C)(=O)=O. The van der Waals surface area contributed by atoms with Gasteiger partial charge in [0.1, 0.15) is 5.82 Å². The number of aryl methyl sites for hydroxylation is 2. The second-order valence-electron chi connectivity index (χ2n) is 4.33. The molecule has 1 aromatic heterocycles. The van der Waals surface area contributed by atoms with Crippen LogP contribution in [-0.4, -0.2) is 24.5 Å². The molecule has 0 radical (unpaired) electrons. The summed E-state index contributed by atoms with van der Waals surface area (Å²) in [6, 6.07) is 6.96. The zero-order valence-electron chi connectivity index (χ0n) is 10.5. The largest absolute Gasteiger partial charge is 0.384 e. The van der Waals surface area contributed by atoms with Crippen molar-refractivity contribution in [3.63, 3.8) is 0 Å². The van der Waals surface area contributed by atoms with Crippen molar-refractivity contribution in [1.29, 1.82) is 0 Å². The second kappa shape index (κ2) is 4.13. The maximum absolute atomic E-state index is 11.7. The van der Waals surface area contributed by atoms with Crippen molar-refractivity contribution in [2.75, 3.05) is 12.0 Å². The Morgan fingerprint density at radius 2 is 1.94 bits per heavy atom. The highest BCUT2D eigenvalue weighted by Gasteiger charge is 2.13. The van der Waals surface area contributed by atoms with Crippen LogP contribution >= 0.6 is 0 Å². The van der Waals surface area contributed by atoms with Gasteiger partial charge in [-0.1, -0.05) is 12.1 Å². The third-order valence-corrected chi connectivity index (χ3v) is 4.04. The molecule has 1 heterocycles. The Kier molecular flexibility index (Phi) is 2.90. The second-order valence-corrected chi connectivity index (χ2v) is 6.31. The molecule has 0 aliphatic rings. The van der Waals surface area contributed by atoms with E-state index in [4.69, 9.17) is 5.73 Å². The van der Waals surface area contributed by atoms with Gasteiger partial charge in [0.05, 0.1) is 10.6 Å². The number of sulfone groups is 1. The fraction of sp³-hybridized carbons (Fsp3) is 0.250. The van der Waals surface area contributed by atoms with E-state index in [1.807, 2.05) is 6.07 Å². The number of rotatable bonds is 2. The molecule has 0 amide bonds. The molecule has 2 N–H and O–H groups in total. The van der Waals surface area contributed by atoms with E-state index in [2.05, 4.69) is 5.10 Å². The van der Waals surface area contributed by atoms with E-state index in [0.29, 0.717) is 16.4 Å². The normalized spacial score (nSPS) is 11.7. The van der Waals surface area contributed by atoms with E-state index in [-0.39, 0.29) is 0 Å². The summed E-state index contributed by atoms with van der Waals surface area (Å²) in [7, 11) is -1.49. The van der Waals surface area contributed by atoms with Crippen LogP contribution in [0.15, 0.2) is 29.2 Å². The molecule has 0 saturated carbocycles. The summed E-state index contributed by atoms with van der Waals surface area (Å²) < 4.78 is 24.9. The van der Waals surface area contributed by atoms with Gasteiger partial charge in [-0.15, -0.1) is 0 Å². The third-order valence-electron chi connectivity index (χ3n) is 2.80. The summed E-state index contributed by atoms with van der Waals surface area (Å²) in [5.74, 6) is 0.534. The van der Waals surface area contributed by atoms with E-state index < -0.39 is 9.84 Å². The van der Waals surface area contributed by atoms with E-state index in [0.717, 1.165) is 11.1 Å². The predicted octanol–water partition coefficient (Wildman–Crippen LogP) is 1.38. The minimum atomic E-state index is -3.23. The van der Waals surface area contributed by atoms with Gasteiger partial charge < -0.3 is 5.73 Å². The first-order valence-corrected chi connectivity index (χ1v) is 7.29. The van der Waals surface area contributed by atoms with Crippen molar-refractivity contribution < 1.29 is 8.42 Å². The van der Waals surface area contributed by atoms with E-state index >= 15 is 0 Å². The lowest BCUT2D eigenvalue weighted by Crippen LogP contribution is -2.00. The van der Waals surface area contributed by atoms with E-state index in [1.54, 1.807) is 36.9 Å². The molecule has 1 aromatic carbocycles. The number of benzene rings is 1. The van der Waals surface area contributed by atoms with Gasteiger partial charge in [-0.05, 0) is 18.6 Å². The number of nitrogens with two attached hydrogens (primary N) is 1. The lowest BCUT2D eigenvalue weighted by atomic mass is 10.1. The fourth-order valence-corrected chi connectivity index (χ4v) is 2.78. The molecule has 5 nitrogen and oxygen atoms in total. The van der Waals surface area contributed by atoms with Crippen molar-refractivity contribution in [3.05, 3.63) is 29.8 Å². The summed E-state index contributed by atoms with van der Waals surface area (Å²) in [5.41, 5.74) is 7.85. The van der Waals surface area contributed by atoms with Gasteiger partial charge in [0, 0.05) is 24.9 Å². The molecule has 0 bridgehead atoms. The van der Waals surface area contributed by atoms with Crippen molar-refractivity contribution in [1.82, 2.24) is 9.78 Å². The van der Waals surface area contributed by atoms with Crippen LogP contribution in [0.1, 0.15) is 5.56 Å². The summed E-state index contributed by atoms with van der Waals surface area (Å²) in [6.07, 6.45) is 1.20. The number of anilines is 1. The summed E-state index contributed by atoms with van der Waals surface area (Å²) in [4.78, 5) is 0.323. The molecule has 0 spiro atoms. The van der Waals surface area contributed by atoms with Crippen LogP contribution in [0, 0.1) is 6.92 Å². The summed E-state index contributed by atoms with van der Waals surface area (Å²) >= 11 is 0. The molecule has 18 heavy (non-hydrogen) atoms. The third kappa shape index (κ3) is 2.24. The van der Waals surface area contributed by atoms with Gasteiger partial charge in [-0.25, -0.2) is 8.42 Å². The average molecular weight is 265 g/mol. The molecule has 0 aliphatic carbocycles. The number of nitrogen functional groups attached to an aromatic ring is 1. The number of nitrogens with zero attached hydrogens (tertiary/aromatic N) is 2. The van der Waals surface area contributed by atoms with E-state index in [9.17, 15) is 8.42 Å². The zero-order valence-corrected chi connectivity index (χ0v) is 11.3. The first-order chi connectivity index (χ1) is 8.29. The zero-order chi connectivity index (χ0) is 13.5. The predicted molar refractivity (Wildman–Crippen MR) is 70.9 cm³/mol. The van der Waals surface area contributed by atoms with Crippen LogP contribution in [0.4, 0.5) is 5.82 Å². The van der Waals surface area contributed by atoms with Crippen LogP contribution < -0.4 is 5.73 Å². The van der Waals surface area contributed by atoms with Gasteiger partial charge in [0.15, 0.2) is 9.84 Å². The monoisotopic (exact) mass is 265 g/mol. The maximum atomic E-state index is 11.7. The molecule has 2 aromatic rings. The molecular weight excluding hydrogens is 250 g/mol. The van der Waals surface area contributed by atoms with Crippen LogP contribution in [-0.2, 0) is 16.9 Å². The molecule has 2 rings (SSSR count). The van der Waals surface area contributed by atoms with Crippen LogP contribution in [0.3, 0.4) is 0 Å². The van der Waals surface area contributed by atoms with Crippen LogP contribution in [0.25, 0.3) is 11.3 Å². The molecule has 0 fully saturated rings. The quantitative estimate of drug-likeness (QED) is 0.889. The van der Waals surface area contributed by atoms with Crippen molar-refractivity contribution in [2.24, 2.45) is 7.05 Å². The standard InChI is InChI=1S/C12H15N3O2S/c1-8-4-5-9(6-11(8)18(3,16)17)10-7-12(13)15(2)14-10/h4-7H,13H2,1-3H3. The van der Waals surface area contributed by atoms with Crippen molar-refractivity contribution in [2.45, 2.75) is 11.8 Å². The fourth-order valence-electron chi connectivity index (χ4n) is 1.78. The molecule has 0 atom stereocenters. The van der Waals surface area contributed by atoms with Gasteiger partial charge in [-0.3, -0.25) is 4.68 Å². The lowest BCUT2D eigenvalue weighted by molar-refractivity contribution is 0.601. The minimum absolute atomic E-state index is 0.323. The number of aromatic nitrogens is 2. The smallest absolute Gasteiger partial charge is 0.175 e. The van der Waals surface area contributed by atoms with Crippen molar-refractivity contribution >= 4 is 15.7 Å². The van der Waals surface area contributed by atoms with E-state index in [1.165, 1.54) is 6.26 Å². The Morgan fingerprint density at radius 1 is 1.28 bits per heavy atom. The number of hydrogen-bond acceptors (Lipinski definition) is 4. The summed E-state index contributed by atoms with van der Waals surface area (Å²) in [6.45, 7) is 1.77. The maximum Gasteiger partial charge on any atom is 0.175 e. The molecular formula is C12H15N3O2S. The highest BCUT2D eigenvalue weighted by atomic mass is 32.2. The Hall–Kier alpha value is -1.82. The molecule has 0 aliphatic heterocycles. The highest BCUT2D eigenvalue weighted by molar-refractivity contribution is 7.90. The Labute approximate surface area is 106 Å². The minimum Gasteiger partial charge on any atom is -0.384 e.